The molecule has 178 valence electrons. The summed E-state index contributed by atoms with van der Waals surface area (Å²) in [7, 11) is 1.63. The number of nitrogens with zero attached hydrogens (tertiary/aromatic N) is 2. The largest absolute Gasteiger partial charge is 0.493 e. The highest BCUT2D eigenvalue weighted by Gasteiger charge is 2.13. The van der Waals surface area contributed by atoms with Crippen LogP contribution in [0.1, 0.15) is 20.3 Å². The molecule has 7 heteroatoms. The van der Waals surface area contributed by atoms with E-state index in [0.717, 1.165) is 37.1 Å². The lowest BCUT2D eigenvalue weighted by Gasteiger charge is -2.18. The van der Waals surface area contributed by atoms with Gasteiger partial charge in [-0.25, -0.2) is 4.98 Å². The van der Waals surface area contributed by atoms with E-state index in [1.807, 2.05) is 48.5 Å². The molecule has 0 fully saturated rings. The van der Waals surface area contributed by atoms with Crippen molar-refractivity contribution in [3.63, 3.8) is 0 Å². The minimum absolute atomic E-state index is 0.505. The number of hydrogen-bond donors (Lipinski definition) is 0. The van der Waals surface area contributed by atoms with Crippen molar-refractivity contribution in [2.45, 2.75) is 20.3 Å². The van der Waals surface area contributed by atoms with Crippen LogP contribution in [0.4, 0.5) is 0 Å². The van der Waals surface area contributed by atoms with E-state index in [0.29, 0.717) is 46.1 Å². The Morgan fingerprint density at radius 3 is 2.41 bits per heavy atom. The fraction of sp³-hybridized carbons (Fsp3) is 0.296. The fourth-order valence-electron chi connectivity index (χ4n) is 3.66. The van der Waals surface area contributed by atoms with Gasteiger partial charge in [-0.15, -0.1) is 0 Å². The quantitative estimate of drug-likeness (QED) is 0.214. The van der Waals surface area contributed by atoms with Crippen LogP contribution in [0.25, 0.3) is 22.6 Å². The third-order valence-corrected chi connectivity index (χ3v) is 5.84. The van der Waals surface area contributed by atoms with E-state index < -0.39 is 0 Å². The maximum Gasteiger partial charge on any atom is 0.227 e. The van der Waals surface area contributed by atoms with E-state index >= 15 is 0 Å². The van der Waals surface area contributed by atoms with E-state index in [4.69, 9.17) is 30.2 Å². The smallest absolute Gasteiger partial charge is 0.227 e. The summed E-state index contributed by atoms with van der Waals surface area (Å²) in [5, 5.41) is 0.661. The molecule has 1 heterocycles. The average Bonchev–Trinajstić information content (AvgIpc) is 3.29. The molecule has 4 rings (SSSR count). The van der Waals surface area contributed by atoms with E-state index in [1.165, 1.54) is 0 Å². The average molecular weight is 481 g/mol. The Kier molecular flexibility index (Phi) is 7.93. The number of methoxy groups -OCH3 is 1. The first-order valence-electron chi connectivity index (χ1n) is 11.5. The molecule has 0 aliphatic heterocycles. The number of benzene rings is 3. The van der Waals surface area contributed by atoms with Crippen molar-refractivity contribution in [2.75, 3.05) is 33.4 Å². The number of oxazole rings is 1. The molecule has 0 saturated heterocycles. The zero-order valence-corrected chi connectivity index (χ0v) is 20.5. The molecule has 4 aromatic rings. The minimum Gasteiger partial charge on any atom is -0.493 e. The van der Waals surface area contributed by atoms with E-state index in [1.54, 1.807) is 19.2 Å². The van der Waals surface area contributed by atoms with Gasteiger partial charge in [-0.05, 0) is 74.1 Å². The predicted molar refractivity (Wildman–Crippen MR) is 135 cm³/mol. The van der Waals surface area contributed by atoms with Crippen molar-refractivity contribution in [1.29, 1.82) is 0 Å². The number of hydrogen-bond acceptors (Lipinski definition) is 6. The molecule has 3 aromatic carbocycles. The molecule has 0 amide bonds. The zero-order valence-electron chi connectivity index (χ0n) is 19.7. The standard InChI is InChI=1S/C27H29ClN2O4/c1-4-30(5-2)15-6-16-32-24-14-7-19(17-26(24)31-3)27-29-23-13-12-22(18-25(23)34-27)33-21-10-8-20(28)9-11-21/h7-14,17-18H,4-6,15-16H2,1-3H3. The van der Waals surface area contributed by atoms with Crippen molar-refractivity contribution in [2.24, 2.45) is 0 Å². The molecule has 0 bridgehead atoms. The van der Waals surface area contributed by atoms with Crippen LogP contribution in [-0.4, -0.2) is 43.2 Å². The summed E-state index contributed by atoms with van der Waals surface area (Å²) in [6.45, 7) is 8.09. The van der Waals surface area contributed by atoms with Crippen molar-refractivity contribution in [3.05, 3.63) is 65.7 Å². The first-order valence-corrected chi connectivity index (χ1v) is 11.8. The molecular weight excluding hydrogens is 452 g/mol. The lowest BCUT2D eigenvalue weighted by atomic mass is 10.2. The molecule has 0 unspecified atom stereocenters. The molecule has 0 N–H and O–H groups in total. The van der Waals surface area contributed by atoms with Gasteiger partial charge in [0.1, 0.15) is 17.0 Å². The molecule has 0 atom stereocenters. The maximum atomic E-state index is 6.03. The Balaban J connectivity index is 1.46. The Morgan fingerprint density at radius 1 is 0.912 bits per heavy atom. The highest BCUT2D eigenvalue weighted by Crippen LogP contribution is 2.34. The molecule has 0 saturated carbocycles. The number of ether oxygens (including phenoxy) is 3. The van der Waals surface area contributed by atoms with Crippen molar-refractivity contribution >= 4 is 22.7 Å². The van der Waals surface area contributed by atoms with Gasteiger partial charge in [0.15, 0.2) is 17.1 Å². The number of rotatable bonds is 11. The minimum atomic E-state index is 0.505. The summed E-state index contributed by atoms with van der Waals surface area (Å²) >= 11 is 5.94. The highest BCUT2D eigenvalue weighted by molar-refractivity contribution is 6.30. The van der Waals surface area contributed by atoms with Crippen LogP contribution in [0.5, 0.6) is 23.0 Å². The molecule has 0 aliphatic carbocycles. The second kappa shape index (κ2) is 11.3. The summed E-state index contributed by atoms with van der Waals surface area (Å²) in [5.41, 5.74) is 2.19. The van der Waals surface area contributed by atoms with Crippen molar-refractivity contribution in [3.8, 4) is 34.5 Å². The first kappa shape index (κ1) is 23.9. The van der Waals surface area contributed by atoms with Crippen LogP contribution in [0.3, 0.4) is 0 Å². The van der Waals surface area contributed by atoms with Gasteiger partial charge in [-0.2, -0.15) is 0 Å². The summed E-state index contributed by atoms with van der Waals surface area (Å²) in [6.07, 6.45) is 0.956. The number of aromatic nitrogens is 1. The Hall–Kier alpha value is -3.22. The topological polar surface area (TPSA) is 57.0 Å². The zero-order chi connectivity index (χ0) is 23.9. The van der Waals surface area contributed by atoms with Gasteiger partial charge in [0.25, 0.3) is 0 Å². The Bertz CT molecular complexity index is 1220. The van der Waals surface area contributed by atoms with E-state index in [-0.39, 0.29) is 0 Å². The SMILES string of the molecule is CCN(CC)CCCOc1ccc(-c2nc3ccc(Oc4ccc(Cl)cc4)cc3o2)cc1OC. The number of halogens is 1. The van der Waals surface area contributed by atoms with Crippen LogP contribution in [0.15, 0.2) is 65.1 Å². The van der Waals surface area contributed by atoms with Crippen LogP contribution in [-0.2, 0) is 0 Å². The molecule has 0 radical (unpaired) electrons. The second-order valence-corrected chi connectivity index (χ2v) is 8.24. The summed E-state index contributed by atoms with van der Waals surface area (Å²) in [6, 6.07) is 18.5. The monoisotopic (exact) mass is 480 g/mol. The maximum absolute atomic E-state index is 6.03. The molecule has 0 spiro atoms. The van der Waals surface area contributed by atoms with Gasteiger partial charge in [0, 0.05) is 23.2 Å². The molecule has 0 aliphatic rings. The fourth-order valence-corrected chi connectivity index (χ4v) is 3.79. The van der Waals surface area contributed by atoms with Crippen molar-refractivity contribution in [1.82, 2.24) is 9.88 Å². The first-order chi connectivity index (χ1) is 16.6. The number of fused-ring (bicyclic) bond motifs is 1. The Morgan fingerprint density at radius 2 is 1.68 bits per heavy atom. The van der Waals surface area contributed by atoms with Crippen molar-refractivity contribution < 1.29 is 18.6 Å². The highest BCUT2D eigenvalue weighted by atomic mass is 35.5. The molecule has 1 aromatic heterocycles. The second-order valence-electron chi connectivity index (χ2n) is 7.80. The van der Waals surface area contributed by atoms with Gasteiger partial charge < -0.3 is 23.5 Å². The molecule has 6 nitrogen and oxygen atoms in total. The predicted octanol–water partition coefficient (Wildman–Crippen LogP) is 7.06. The van der Waals surface area contributed by atoms with Gasteiger partial charge in [-0.1, -0.05) is 25.4 Å². The van der Waals surface area contributed by atoms with Gasteiger partial charge in [0.2, 0.25) is 5.89 Å². The lowest BCUT2D eigenvalue weighted by molar-refractivity contribution is 0.242. The van der Waals surface area contributed by atoms with Gasteiger partial charge >= 0.3 is 0 Å². The Labute approximate surface area is 205 Å². The van der Waals surface area contributed by atoms with Crippen LogP contribution in [0, 0.1) is 0 Å². The lowest BCUT2D eigenvalue weighted by Crippen LogP contribution is -2.25. The van der Waals surface area contributed by atoms with Crippen LogP contribution in [0.2, 0.25) is 5.02 Å². The third-order valence-electron chi connectivity index (χ3n) is 5.59. The summed E-state index contributed by atoms with van der Waals surface area (Å²) in [4.78, 5) is 7.00. The van der Waals surface area contributed by atoms with Crippen LogP contribution >= 0.6 is 11.6 Å². The van der Waals surface area contributed by atoms with E-state index in [2.05, 4.69) is 23.7 Å². The third kappa shape index (κ3) is 5.82. The normalized spacial score (nSPS) is 11.2. The van der Waals surface area contributed by atoms with Gasteiger partial charge in [0.05, 0.1) is 13.7 Å². The van der Waals surface area contributed by atoms with Gasteiger partial charge in [-0.3, -0.25) is 0 Å². The summed E-state index contributed by atoms with van der Waals surface area (Å²) in [5.74, 6) is 3.21. The molecular formula is C27H29ClN2O4. The molecule has 34 heavy (non-hydrogen) atoms. The van der Waals surface area contributed by atoms with E-state index in [9.17, 15) is 0 Å². The summed E-state index contributed by atoms with van der Waals surface area (Å²) < 4.78 is 23.5. The van der Waals surface area contributed by atoms with Crippen LogP contribution < -0.4 is 14.2 Å².